The number of hydrogen-bond acceptors (Lipinski definition) is 5. The summed E-state index contributed by atoms with van der Waals surface area (Å²) in [5.74, 6) is -0.554. The first-order valence-corrected chi connectivity index (χ1v) is 17.7. The molecule has 0 aliphatic rings. The fourth-order valence-corrected chi connectivity index (χ4v) is 7.09. The number of halogens is 2. The van der Waals surface area contributed by atoms with Gasteiger partial charge in [-0.1, -0.05) is 49.1 Å². The van der Waals surface area contributed by atoms with Crippen molar-refractivity contribution in [1.82, 2.24) is 10.1 Å². The van der Waals surface area contributed by atoms with Crippen LogP contribution in [0.25, 0.3) is 22.2 Å². The summed E-state index contributed by atoms with van der Waals surface area (Å²) in [7, 11) is -3.59. The summed E-state index contributed by atoms with van der Waals surface area (Å²) in [5, 5.41) is 21.0. The Labute approximate surface area is 234 Å². The quantitative estimate of drug-likeness (QED) is 0.185. The van der Waals surface area contributed by atoms with Crippen LogP contribution in [-0.4, -0.2) is 27.2 Å². The Balaban J connectivity index is 1.88. The third-order valence-electron chi connectivity index (χ3n) is 6.78. The second-order valence-electron chi connectivity index (χ2n) is 11.1. The van der Waals surface area contributed by atoms with Crippen LogP contribution in [-0.2, 0) is 17.4 Å². The first-order valence-electron chi connectivity index (χ1n) is 12.2. The highest BCUT2D eigenvalue weighted by molar-refractivity contribution is 9.10. The van der Waals surface area contributed by atoms with E-state index in [2.05, 4.69) is 51.8 Å². The summed E-state index contributed by atoms with van der Waals surface area (Å²) in [6, 6.07) is 16.9. The van der Waals surface area contributed by atoms with E-state index in [1.807, 2.05) is 44.2 Å². The Hall–Kier alpha value is -2.71. The predicted molar refractivity (Wildman–Crippen MR) is 157 cm³/mol. The van der Waals surface area contributed by atoms with Crippen molar-refractivity contribution < 1.29 is 13.1 Å². The molecule has 0 amide bonds. The number of nitrogens with two attached hydrogens (primary N) is 1. The van der Waals surface area contributed by atoms with Crippen molar-refractivity contribution in [1.29, 1.82) is 5.26 Å². The van der Waals surface area contributed by atoms with Crippen molar-refractivity contribution in [2.75, 3.05) is 0 Å². The molecule has 198 valence electrons. The molecule has 2 heterocycles. The van der Waals surface area contributed by atoms with Crippen LogP contribution in [0.4, 0.5) is 4.39 Å². The van der Waals surface area contributed by atoms with Crippen molar-refractivity contribution in [2.24, 2.45) is 5.14 Å². The van der Waals surface area contributed by atoms with Gasteiger partial charge in [-0.2, -0.15) is 5.26 Å². The molecular weight excluding hydrogens is 583 g/mol. The van der Waals surface area contributed by atoms with E-state index in [1.54, 1.807) is 18.2 Å². The molecule has 38 heavy (non-hydrogen) atoms. The van der Waals surface area contributed by atoms with Gasteiger partial charge in [0.05, 0.1) is 41.1 Å². The first-order chi connectivity index (χ1) is 17.8. The second-order valence-corrected chi connectivity index (χ2v) is 18.7. The van der Waals surface area contributed by atoms with Crippen molar-refractivity contribution in [3.05, 3.63) is 75.8 Å². The first kappa shape index (κ1) is 28.3. The zero-order valence-electron chi connectivity index (χ0n) is 22.0. The molecule has 0 saturated heterocycles. The van der Waals surface area contributed by atoms with E-state index in [4.69, 9.17) is 9.66 Å². The van der Waals surface area contributed by atoms with Crippen LogP contribution < -0.4 is 10.3 Å². The van der Waals surface area contributed by atoms with Gasteiger partial charge in [0.1, 0.15) is 16.1 Å². The van der Waals surface area contributed by atoms with Crippen LogP contribution >= 0.6 is 15.9 Å². The Morgan fingerprint density at radius 3 is 2.58 bits per heavy atom. The highest BCUT2D eigenvalue weighted by atomic mass is 79.9. The Kier molecular flexibility index (Phi) is 8.05. The molecule has 0 bridgehead atoms. The molecule has 2 atom stereocenters. The number of nitriles is 1. The van der Waals surface area contributed by atoms with Crippen molar-refractivity contribution >= 4 is 51.1 Å². The number of nitrogens with zero attached hydrogens (tertiary/aromatic N) is 3. The van der Waals surface area contributed by atoms with E-state index in [0.29, 0.717) is 38.7 Å². The van der Waals surface area contributed by atoms with E-state index in [1.165, 1.54) is 0 Å². The Morgan fingerprint density at radius 1 is 1.21 bits per heavy atom. The summed E-state index contributed by atoms with van der Waals surface area (Å²) in [6.45, 7) is 10.0. The number of rotatable bonds is 8. The molecule has 0 spiro atoms. The van der Waals surface area contributed by atoms with Gasteiger partial charge in [0.25, 0.3) is 0 Å². The number of pyridine rings is 1. The molecule has 0 fully saturated rings. The Bertz CT molecular complexity index is 1580. The van der Waals surface area contributed by atoms with Crippen molar-refractivity contribution in [3.8, 4) is 17.3 Å². The number of hydrogen-bond donors (Lipinski definition) is 1. The molecule has 0 radical (unpaired) electrons. The molecule has 2 aromatic carbocycles. The average molecular weight is 614 g/mol. The fourth-order valence-electron chi connectivity index (χ4n) is 4.70. The number of benzene rings is 2. The molecule has 4 aromatic rings. The minimum absolute atomic E-state index is 0.274. The summed E-state index contributed by atoms with van der Waals surface area (Å²) in [5.41, 5.74) is 3.70. The highest BCUT2D eigenvalue weighted by Crippen LogP contribution is 2.39. The minimum atomic E-state index is -1.99. The van der Waals surface area contributed by atoms with Crippen LogP contribution in [0.5, 0.6) is 0 Å². The fraction of sp³-hybridized carbons (Fsp3) is 0.321. The summed E-state index contributed by atoms with van der Waals surface area (Å²) in [6.07, 6.45) is 0.714. The molecule has 0 aliphatic heterocycles. The zero-order valence-corrected chi connectivity index (χ0v) is 25.4. The van der Waals surface area contributed by atoms with E-state index >= 15 is 4.39 Å². The van der Waals surface area contributed by atoms with Gasteiger partial charge >= 0.3 is 0 Å². The smallest absolute Gasteiger partial charge is 0.168 e. The van der Waals surface area contributed by atoms with Crippen molar-refractivity contribution in [2.45, 2.75) is 57.0 Å². The highest BCUT2D eigenvalue weighted by Gasteiger charge is 2.33. The summed E-state index contributed by atoms with van der Waals surface area (Å²) in [4.78, 5) is 4.54. The largest absolute Gasteiger partial charge is 0.356 e. The topological polar surface area (TPSA) is 106 Å². The van der Waals surface area contributed by atoms with Gasteiger partial charge in [0.15, 0.2) is 5.58 Å². The molecule has 2 aromatic heterocycles. The number of fused-ring (bicyclic) bond motifs is 1. The van der Waals surface area contributed by atoms with E-state index in [-0.39, 0.29) is 18.2 Å². The number of aromatic nitrogens is 2. The van der Waals surface area contributed by atoms with Crippen LogP contribution in [0.15, 0.2) is 57.7 Å². The maximum Gasteiger partial charge on any atom is 0.168 e. The van der Waals surface area contributed by atoms with Gasteiger partial charge < -0.3 is 4.52 Å². The molecule has 2 N–H and O–H groups in total. The maximum absolute atomic E-state index is 15.9. The minimum Gasteiger partial charge on any atom is -0.356 e. The third-order valence-corrected chi connectivity index (χ3v) is 10.4. The summed E-state index contributed by atoms with van der Waals surface area (Å²) >= 11 is 3.49. The molecule has 4 rings (SSSR count). The van der Waals surface area contributed by atoms with E-state index in [0.717, 1.165) is 16.5 Å². The molecule has 0 saturated carbocycles. The molecular formula is C28H30BrFN4O2SSi. The maximum atomic E-state index is 15.9. The van der Waals surface area contributed by atoms with Gasteiger partial charge in [-0.05, 0) is 77.5 Å². The van der Waals surface area contributed by atoms with Gasteiger partial charge in [0.2, 0.25) is 0 Å². The van der Waals surface area contributed by atoms with Crippen LogP contribution in [0.2, 0.25) is 19.6 Å². The van der Waals surface area contributed by atoms with E-state index < -0.39 is 23.8 Å². The molecule has 1 unspecified atom stereocenters. The molecule has 10 heteroatoms. The lowest BCUT2D eigenvalue weighted by Gasteiger charge is -2.29. The van der Waals surface area contributed by atoms with Gasteiger partial charge in [-0.25, -0.2) is 13.6 Å². The molecule has 6 nitrogen and oxygen atoms in total. The van der Waals surface area contributed by atoms with Crippen LogP contribution in [0.1, 0.15) is 43.0 Å². The normalized spacial score (nSPS) is 13.9. The van der Waals surface area contributed by atoms with Crippen LogP contribution in [0, 0.1) is 17.1 Å². The predicted octanol–water partition coefficient (Wildman–Crippen LogP) is 6.33. The zero-order chi connectivity index (χ0) is 27.8. The lowest BCUT2D eigenvalue weighted by molar-refractivity contribution is 0.459. The molecule has 0 aliphatic carbocycles. The lowest BCUT2D eigenvalue weighted by Crippen LogP contribution is -2.41. The lowest BCUT2D eigenvalue weighted by atomic mass is 9.82. The van der Waals surface area contributed by atoms with Gasteiger partial charge in [-0.3, -0.25) is 5.14 Å². The average Bonchev–Trinajstić information content (AvgIpc) is 3.27. The van der Waals surface area contributed by atoms with Crippen molar-refractivity contribution in [3.63, 3.8) is 0 Å². The van der Waals surface area contributed by atoms with Gasteiger partial charge in [0, 0.05) is 17.0 Å². The third kappa shape index (κ3) is 5.81. The monoisotopic (exact) mass is 612 g/mol. The SMILES string of the molecule is CC(C)(C[C@H](Cc1nc(Br)cc([Si](C)(C)C)c1F)c1ccccc1-c1noc2cc(C#N)ccc12)S(N)=O. The Morgan fingerprint density at radius 2 is 1.92 bits per heavy atom. The second kappa shape index (κ2) is 10.8. The van der Waals surface area contributed by atoms with Crippen LogP contribution in [0.3, 0.4) is 0 Å². The van der Waals surface area contributed by atoms with E-state index in [9.17, 15) is 9.47 Å². The van der Waals surface area contributed by atoms with Gasteiger partial charge in [-0.15, -0.1) is 0 Å². The summed E-state index contributed by atoms with van der Waals surface area (Å²) < 4.78 is 33.8. The standard InChI is InChI=1S/C28H30BrFN4O2SSi/c1-28(2,37(32)35)15-18(13-22-26(30)24(38(3,4)5)14-25(29)33-22)19-8-6-7-9-20(19)27-21-11-10-17(16-31)12-23(21)36-34-27/h6-12,14,18H,13,15,32H2,1-5H3/t18-,37?/m0/s1.